The fourth-order valence-corrected chi connectivity index (χ4v) is 3.08. The second-order valence-electron chi connectivity index (χ2n) is 6.40. The Kier molecular flexibility index (Phi) is 4.70. The van der Waals surface area contributed by atoms with Crippen LogP contribution >= 0.6 is 0 Å². The van der Waals surface area contributed by atoms with Crippen molar-refractivity contribution in [2.24, 2.45) is 0 Å². The van der Waals surface area contributed by atoms with E-state index in [4.69, 9.17) is 0 Å². The Morgan fingerprint density at radius 3 is 2.32 bits per heavy atom. The maximum absolute atomic E-state index is 12.3. The second-order valence-corrected chi connectivity index (χ2v) is 6.40. The van der Waals surface area contributed by atoms with Crippen LogP contribution in [0.5, 0.6) is 5.75 Å². The number of hydrogen-bond acceptors (Lipinski definition) is 3. The molecule has 0 aromatic heterocycles. The molecule has 1 fully saturated rings. The Balaban J connectivity index is 1.74. The summed E-state index contributed by atoms with van der Waals surface area (Å²) in [6.45, 7) is 4.41. The molecule has 0 saturated carbocycles. The number of carbonyl (C=O) groups is 2. The molecule has 2 aromatic rings. The molecule has 0 radical (unpaired) electrons. The molecule has 1 heterocycles. The van der Waals surface area contributed by atoms with Crippen molar-refractivity contribution in [2.75, 3.05) is 11.4 Å². The van der Waals surface area contributed by atoms with Crippen molar-refractivity contribution in [3.8, 4) is 5.75 Å². The summed E-state index contributed by atoms with van der Waals surface area (Å²) in [6.07, 6.45) is 4.75. The Morgan fingerprint density at radius 1 is 1.12 bits per heavy atom. The molecule has 0 unspecified atom stereocenters. The minimum absolute atomic E-state index is 0.0947. The third kappa shape index (κ3) is 3.63. The first kappa shape index (κ1) is 17.0. The number of nitrogens with zero attached hydrogens (tertiary/aromatic N) is 1. The van der Waals surface area contributed by atoms with Gasteiger partial charge in [-0.3, -0.25) is 9.59 Å². The molecule has 2 aromatic carbocycles. The van der Waals surface area contributed by atoms with E-state index in [1.807, 2.05) is 38.1 Å². The fourth-order valence-electron chi connectivity index (χ4n) is 3.08. The lowest BCUT2D eigenvalue weighted by Crippen LogP contribution is -2.23. The summed E-state index contributed by atoms with van der Waals surface area (Å²) in [5.74, 6) is 0.329. The average molecular weight is 335 g/mol. The van der Waals surface area contributed by atoms with Gasteiger partial charge in [-0.25, -0.2) is 0 Å². The van der Waals surface area contributed by atoms with Gasteiger partial charge in [-0.05, 0) is 79.4 Å². The fraction of sp³-hybridized carbons (Fsp3) is 0.238. The van der Waals surface area contributed by atoms with Crippen molar-refractivity contribution in [2.45, 2.75) is 26.7 Å². The molecular formula is C21H21NO3. The van der Waals surface area contributed by atoms with Gasteiger partial charge < -0.3 is 10.0 Å². The van der Waals surface area contributed by atoms with Crippen molar-refractivity contribution in [1.29, 1.82) is 0 Å². The van der Waals surface area contributed by atoms with Crippen molar-refractivity contribution in [3.63, 3.8) is 0 Å². The van der Waals surface area contributed by atoms with E-state index in [-0.39, 0.29) is 17.4 Å². The maximum atomic E-state index is 12.3. The molecule has 0 bridgehead atoms. The number of carbonyl (C=O) groups excluding carboxylic acids is 2. The molecular weight excluding hydrogens is 314 g/mol. The number of amides is 1. The van der Waals surface area contributed by atoms with Crippen LogP contribution in [0.1, 0.15) is 39.9 Å². The molecule has 0 atom stereocenters. The summed E-state index contributed by atoms with van der Waals surface area (Å²) >= 11 is 0. The molecule has 0 aliphatic carbocycles. The minimum Gasteiger partial charge on any atom is -0.507 e. The molecule has 1 aliphatic heterocycles. The molecule has 0 spiro atoms. The lowest BCUT2D eigenvalue weighted by atomic mass is 10.0. The Labute approximate surface area is 147 Å². The highest BCUT2D eigenvalue weighted by atomic mass is 16.3. The van der Waals surface area contributed by atoms with Crippen LogP contribution in [0.25, 0.3) is 6.08 Å². The van der Waals surface area contributed by atoms with Crippen LogP contribution in [0.2, 0.25) is 0 Å². The van der Waals surface area contributed by atoms with Crippen LogP contribution < -0.4 is 4.90 Å². The van der Waals surface area contributed by atoms with Gasteiger partial charge in [0, 0.05) is 24.2 Å². The molecule has 1 amide bonds. The SMILES string of the molecule is Cc1cc(/C=C/C(=O)c2ccc(N3CCCC3=O)cc2)cc(C)c1O. The van der Waals surface area contributed by atoms with Gasteiger partial charge in [-0.2, -0.15) is 0 Å². The lowest BCUT2D eigenvalue weighted by Gasteiger charge is -2.15. The normalized spacial score (nSPS) is 14.5. The zero-order valence-electron chi connectivity index (χ0n) is 14.5. The molecule has 1 N–H and O–H groups in total. The molecule has 1 aliphatic rings. The van der Waals surface area contributed by atoms with E-state index in [0.29, 0.717) is 12.0 Å². The summed E-state index contributed by atoms with van der Waals surface area (Å²) in [5, 5.41) is 9.80. The summed E-state index contributed by atoms with van der Waals surface area (Å²) in [6, 6.07) is 10.8. The number of hydrogen-bond donors (Lipinski definition) is 1. The van der Waals surface area contributed by atoms with Gasteiger partial charge in [-0.1, -0.05) is 6.08 Å². The van der Waals surface area contributed by atoms with E-state index in [1.54, 1.807) is 23.1 Å². The number of benzene rings is 2. The van der Waals surface area contributed by atoms with Gasteiger partial charge in [0.05, 0.1) is 0 Å². The van der Waals surface area contributed by atoms with Crippen LogP contribution in [0.4, 0.5) is 5.69 Å². The molecule has 3 rings (SSSR count). The van der Waals surface area contributed by atoms with Crippen molar-refractivity contribution < 1.29 is 14.7 Å². The largest absolute Gasteiger partial charge is 0.507 e. The number of rotatable bonds is 4. The number of ketones is 1. The summed E-state index contributed by atoms with van der Waals surface area (Å²) in [4.78, 5) is 25.9. The third-order valence-corrected chi connectivity index (χ3v) is 4.48. The monoisotopic (exact) mass is 335 g/mol. The van der Waals surface area contributed by atoms with Crippen LogP contribution in [0.3, 0.4) is 0 Å². The first-order valence-corrected chi connectivity index (χ1v) is 8.39. The molecule has 4 nitrogen and oxygen atoms in total. The van der Waals surface area contributed by atoms with Gasteiger partial charge in [0.2, 0.25) is 5.91 Å². The predicted molar refractivity (Wildman–Crippen MR) is 99.0 cm³/mol. The average Bonchev–Trinajstić information content (AvgIpc) is 3.03. The smallest absolute Gasteiger partial charge is 0.227 e. The highest BCUT2D eigenvalue weighted by Gasteiger charge is 2.21. The van der Waals surface area contributed by atoms with E-state index in [2.05, 4.69) is 0 Å². The topological polar surface area (TPSA) is 57.6 Å². The zero-order valence-corrected chi connectivity index (χ0v) is 14.5. The van der Waals surface area contributed by atoms with E-state index in [0.717, 1.165) is 35.3 Å². The summed E-state index contributed by atoms with van der Waals surface area (Å²) in [5.41, 5.74) is 3.87. The molecule has 128 valence electrons. The first-order valence-electron chi connectivity index (χ1n) is 8.39. The summed E-state index contributed by atoms with van der Waals surface area (Å²) < 4.78 is 0. The first-order chi connectivity index (χ1) is 12.0. The number of aryl methyl sites for hydroxylation is 2. The lowest BCUT2D eigenvalue weighted by molar-refractivity contribution is -0.117. The number of aromatic hydroxyl groups is 1. The van der Waals surface area contributed by atoms with E-state index in [1.165, 1.54) is 6.08 Å². The van der Waals surface area contributed by atoms with Gasteiger partial charge in [0.15, 0.2) is 5.78 Å². The number of allylic oxidation sites excluding steroid dienone is 1. The van der Waals surface area contributed by atoms with Gasteiger partial charge in [0.1, 0.15) is 5.75 Å². The number of phenols is 1. The van der Waals surface area contributed by atoms with E-state index < -0.39 is 0 Å². The van der Waals surface area contributed by atoms with Crippen molar-refractivity contribution in [1.82, 2.24) is 0 Å². The molecule has 1 saturated heterocycles. The minimum atomic E-state index is -0.0947. The van der Waals surface area contributed by atoms with Gasteiger partial charge in [0.25, 0.3) is 0 Å². The summed E-state index contributed by atoms with van der Waals surface area (Å²) in [7, 11) is 0. The zero-order chi connectivity index (χ0) is 18.0. The molecule has 4 heteroatoms. The van der Waals surface area contributed by atoms with Crippen LogP contribution in [0, 0.1) is 13.8 Å². The van der Waals surface area contributed by atoms with Crippen LogP contribution in [0.15, 0.2) is 42.5 Å². The van der Waals surface area contributed by atoms with E-state index >= 15 is 0 Å². The second kappa shape index (κ2) is 6.93. The van der Waals surface area contributed by atoms with Crippen LogP contribution in [-0.2, 0) is 4.79 Å². The highest BCUT2D eigenvalue weighted by Crippen LogP contribution is 2.24. The highest BCUT2D eigenvalue weighted by molar-refractivity contribution is 6.07. The number of phenolic OH excluding ortho intramolecular Hbond substituents is 1. The Morgan fingerprint density at radius 2 is 1.76 bits per heavy atom. The quantitative estimate of drug-likeness (QED) is 0.678. The van der Waals surface area contributed by atoms with Crippen molar-refractivity contribution in [3.05, 3.63) is 64.7 Å². The van der Waals surface area contributed by atoms with Crippen molar-refractivity contribution >= 4 is 23.5 Å². The molecule has 25 heavy (non-hydrogen) atoms. The number of anilines is 1. The maximum Gasteiger partial charge on any atom is 0.227 e. The Bertz CT molecular complexity index is 827. The standard InChI is InChI=1S/C21H21NO3/c1-14-12-16(13-15(2)21(14)25)5-10-19(23)17-6-8-18(9-7-17)22-11-3-4-20(22)24/h5-10,12-13,25H,3-4,11H2,1-2H3/b10-5+. The Hall–Kier alpha value is -2.88. The van der Waals surface area contributed by atoms with Gasteiger partial charge in [-0.15, -0.1) is 0 Å². The van der Waals surface area contributed by atoms with E-state index in [9.17, 15) is 14.7 Å². The predicted octanol–water partition coefficient (Wildman–Crippen LogP) is 4.03. The van der Waals surface area contributed by atoms with Crippen LogP contribution in [-0.4, -0.2) is 23.3 Å². The third-order valence-electron chi connectivity index (χ3n) is 4.48. The van der Waals surface area contributed by atoms with Gasteiger partial charge >= 0.3 is 0 Å².